The highest BCUT2D eigenvalue weighted by atomic mass is 16.4. The number of aliphatic hydroxyl groups excluding tert-OH is 1. The standard InChI is InChI=1S/C7H14N2O4/c1-2-8-7(13)9-5(3-4-10)6(11)12/h5,10H,2-4H2,1H3,(H,11,12)(H2,8,9,13)/t5-/m0/s1. The van der Waals surface area contributed by atoms with Crippen LogP contribution in [0.25, 0.3) is 0 Å². The van der Waals surface area contributed by atoms with Crippen LogP contribution in [-0.2, 0) is 4.79 Å². The molecule has 0 aromatic heterocycles. The Morgan fingerprint density at radius 1 is 1.46 bits per heavy atom. The zero-order chi connectivity index (χ0) is 10.3. The lowest BCUT2D eigenvalue weighted by Crippen LogP contribution is -2.46. The zero-order valence-electron chi connectivity index (χ0n) is 7.41. The van der Waals surface area contributed by atoms with Crippen molar-refractivity contribution in [1.29, 1.82) is 0 Å². The Balaban J connectivity index is 3.94. The van der Waals surface area contributed by atoms with E-state index in [2.05, 4.69) is 10.6 Å². The van der Waals surface area contributed by atoms with Gasteiger partial charge in [-0.25, -0.2) is 9.59 Å². The van der Waals surface area contributed by atoms with Crippen LogP contribution >= 0.6 is 0 Å². The molecule has 4 N–H and O–H groups in total. The van der Waals surface area contributed by atoms with Crippen molar-refractivity contribution in [1.82, 2.24) is 10.6 Å². The number of carbonyl (C=O) groups excluding carboxylic acids is 1. The normalized spacial score (nSPS) is 11.8. The second-order valence-electron chi connectivity index (χ2n) is 2.41. The summed E-state index contributed by atoms with van der Waals surface area (Å²) < 4.78 is 0. The molecule has 0 unspecified atom stereocenters. The molecule has 0 aromatic carbocycles. The molecule has 0 spiro atoms. The van der Waals surface area contributed by atoms with Gasteiger partial charge in [0.1, 0.15) is 6.04 Å². The predicted molar refractivity (Wildman–Crippen MR) is 45.3 cm³/mol. The van der Waals surface area contributed by atoms with Gasteiger partial charge in [0.25, 0.3) is 0 Å². The molecule has 0 bridgehead atoms. The van der Waals surface area contributed by atoms with Gasteiger partial charge in [-0.15, -0.1) is 0 Å². The second kappa shape index (κ2) is 6.24. The van der Waals surface area contributed by atoms with Crippen LogP contribution in [0, 0.1) is 0 Å². The van der Waals surface area contributed by atoms with E-state index in [0.717, 1.165) is 0 Å². The van der Waals surface area contributed by atoms with Crippen molar-refractivity contribution < 1.29 is 19.8 Å². The van der Waals surface area contributed by atoms with Gasteiger partial charge in [-0.1, -0.05) is 0 Å². The number of rotatable bonds is 5. The van der Waals surface area contributed by atoms with Gasteiger partial charge in [0.05, 0.1) is 0 Å². The molecule has 0 aliphatic heterocycles. The van der Waals surface area contributed by atoms with E-state index in [4.69, 9.17) is 10.2 Å². The lowest BCUT2D eigenvalue weighted by atomic mass is 10.2. The van der Waals surface area contributed by atoms with Gasteiger partial charge in [-0.2, -0.15) is 0 Å². The third-order valence-corrected chi connectivity index (χ3v) is 1.36. The van der Waals surface area contributed by atoms with Crippen LogP contribution in [0.3, 0.4) is 0 Å². The highest BCUT2D eigenvalue weighted by molar-refractivity contribution is 5.82. The number of hydrogen-bond donors (Lipinski definition) is 4. The van der Waals surface area contributed by atoms with E-state index in [1.165, 1.54) is 0 Å². The largest absolute Gasteiger partial charge is 0.480 e. The van der Waals surface area contributed by atoms with Crippen molar-refractivity contribution in [3.8, 4) is 0 Å². The molecule has 0 saturated carbocycles. The molecule has 6 nitrogen and oxygen atoms in total. The van der Waals surface area contributed by atoms with Crippen molar-refractivity contribution in [3.05, 3.63) is 0 Å². The monoisotopic (exact) mass is 190 g/mol. The molecule has 13 heavy (non-hydrogen) atoms. The molecular weight excluding hydrogens is 176 g/mol. The SMILES string of the molecule is CCNC(=O)N[C@@H](CCO)C(=O)O. The summed E-state index contributed by atoms with van der Waals surface area (Å²) in [6.45, 7) is 1.88. The van der Waals surface area contributed by atoms with Crippen LogP contribution in [0.4, 0.5) is 4.79 Å². The number of carbonyl (C=O) groups is 2. The predicted octanol–water partition coefficient (Wildman–Crippen LogP) is -0.859. The van der Waals surface area contributed by atoms with E-state index in [0.29, 0.717) is 6.54 Å². The quantitative estimate of drug-likeness (QED) is 0.453. The van der Waals surface area contributed by atoms with E-state index < -0.39 is 18.0 Å². The van der Waals surface area contributed by atoms with Gasteiger partial charge < -0.3 is 20.8 Å². The summed E-state index contributed by atoms with van der Waals surface area (Å²) in [6, 6.07) is -1.57. The highest BCUT2D eigenvalue weighted by Gasteiger charge is 2.18. The van der Waals surface area contributed by atoms with Gasteiger partial charge in [0.2, 0.25) is 0 Å². The van der Waals surface area contributed by atoms with Gasteiger partial charge in [-0.05, 0) is 6.92 Å². The molecule has 0 aliphatic rings. The van der Waals surface area contributed by atoms with Crippen LogP contribution < -0.4 is 10.6 Å². The van der Waals surface area contributed by atoms with Crippen molar-refractivity contribution in [2.45, 2.75) is 19.4 Å². The fraction of sp³-hybridized carbons (Fsp3) is 0.714. The highest BCUT2D eigenvalue weighted by Crippen LogP contribution is 1.90. The van der Waals surface area contributed by atoms with Crippen molar-refractivity contribution in [2.75, 3.05) is 13.2 Å². The number of aliphatic carboxylic acids is 1. The molecule has 1 atom stereocenters. The summed E-state index contributed by atoms with van der Waals surface area (Å²) in [5.74, 6) is -1.15. The molecule has 0 aromatic rings. The summed E-state index contributed by atoms with van der Waals surface area (Å²) >= 11 is 0. The lowest BCUT2D eigenvalue weighted by Gasteiger charge is -2.12. The molecule has 0 saturated heterocycles. The summed E-state index contributed by atoms with van der Waals surface area (Å²) in [4.78, 5) is 21.3. The lowest BCUT2D eigenvalue weighted by molar-refractivity contribution is -0.139. The van der Waals surface area contributed by atoms with E-state index in [1.54, 1.807) is 6.92 Å². The minimum atomic E-state index is -1.15. The maximum Gasteiger partial charge on any atom is 0.326 e. The Morgan fingerprint density at radius 3 is 2.46 bits per heavy atom. The molecule has 0 radical (unpaired) electrons. The van der Waals surface area contributed by atoms with Crippen LogP contribution in [0.2, 0.25) is 0 Å². The third-order valence-electron chi connectivity index (χ3n) is 1.36. The van der Waals surface area contributed by atoms with Crippen molar-refractivity contribution in [2.24, 2.45) is 0 Å². The van der Waals surface area contributed by atoms with Gasteiger partial charge in [0, 0.05) is 19.6 Å². The Bertz CT molecular complexity index is 183. The molecule has 0 aliphatic carbocycles. The Kier molecular flexibility index (Phi) is 5.62. The number of urea groups is 1. The topological polar surface area (TPSA) is 98.7 Å². The van der Waals surface area contributed by atoms with Crippen molar-refractivity contribution in [3.63, 3.8) is 0 Å². The number of hydrogen-bond acceptors (Lipinski definition) is 3. The minimum Gasteiger partial charge on any atom is -0.480 e. The Hall–Kier alpha value is -1.30. The second-order valence-corrected chi connectivity index (χ2v) is 2.41. The molecule has 2 amide bonds. The number of amides is 2. The fourth-order valence-corrected chi connectivity index (χ4v) is 0.756. The molecule has 76 valence electrons. The zero-order valence-corrected chi connectivity index (χ0v) is 7.41. The van der Waals surface area contributed by atoms with E-state index >= 15 is 0 Å². The van der Waals surface area contributed by atoms with Gasteiger partial charge in [0.15, 0.2) is 0 Å². The average Bonchev–Trinajstić information content (AvgIpc) is 2.04. The Labute approximate surface area is 75.9 Å². The van der Waals surface area contributed by atoms with E-state index in [1.807, 2.05) is 0 Å². The number of aliphatic hydroxyl groups is 1. The third kappa shape index (κ3) is 5.02. The number of nitrogens with one attached hydrogen (secondary N) is 2. The first-order valence-electron chi connectivity index (χ1n) is 3.99. The Morgan fingerprint density at radius 2 is 2.08 bits per heavy atom. The summed E-state index contributed by atoms with van der Waals surface area (Å²) in [5.41, 5.74) is 0. The first kappa shape index (κ1) is 11.7. The molecule has 0 fully saturated rings. The molecule has 0 heterocycles. The molecular formula is C7H14N2O4. The number of carboxylic acids is 1. The van der Waals surface area contributed by atoms with E-state index in [-0.39, 0.29) is 13.0 Å². The fourth-order valence-electron chi connectivity index (χ4n) is 0.756. The van der Waals surface area contributed by atoms with Crippen molar-refractivity contribution >= 4 is 12.0 Å². The first-order valence-corrected chi connectivity index (χ1v) is 3.99. The maximum atomic E-state index is 10.9. The summed E-state index contributed by atoms with van der Waals surface area (Å²) in [6.07, 6.45) is 0.00642. The first-order chi connectivity index (χ1) is 6.11. The van der Waals surface area contributed by atoms with Gasteiger partial charge in [-0.3, -0.25) is 0 Å². The average molecular weight is 190 g/mol. The van der Waals surface area contributed by atoms with Gasteiger partial charge >= 0.3 is 12.0 Å². The van der Waals surface area contributed by atoms with Crippen LogP contribution in [-0.4, -0.2) is 41.4 Å². The molecule has 0 rings (SSSR count). The minimum absolute atomic E-state index is 0.00642. The smallest absolute Gasteiger partial charge is 0.326 e. The van der Waals surface area contributed by atoms with Crippen LogP contribution in [0.15, 0.2) is 0 Å². The summed E-state index contributed by atoms with van der Waals surface area (Å²) in [5, 5.41) is 21.7. The van der Waals surface area contributed by atoms with E-state index in [9.17, 15) is 9.59 Å². The number of carboxylic acid groups (broad SMARTS) is 1. The maximum absolute atomic E-state index is 10.9. The van der Waals surface area contributed by atoms with Crippen LogP contribution in [0.5, 0.6) is 0 Å². The van der Waals surface area contributed by atoms with Crippen LogP contribution in [0.1, 0.15) is 13.3 Å². The summed E-state index contributed by atoms with van der Waals surface area (Å²) in [7, 11) is 0. The molecule has 6 heteroatoms.